The summed E-state index contributed by atoms with van der Waals surface area (Å²) in [5.74, 6) is 0. The van der Waals surface area contributed by atoms with E-state index in [1.807, 2.05) is 32.0 Å². The highest BCUT2D eigenvalue weighted by Gasteiger charge is 2.23. The molecule has 1 aromatic carbocycles. The third-order valence-corrected chi connectivity index (χ3v) is 4.39. The van der Waals surface area contributed by atoms with Gasteiger partial charge in [-0.1, -0.05) is 44.2 Å². The van der Waals surface area contributed by atoms with E-state index in [0.717, 1.165) is 18.9 Å². The molecule has 4 heteroatoms. The van der Waals surface area contributed by atoms with Crippen LogP contribution in [0.2, 0.25) is 6.04 Å². The van der Waals surface area contributed by atoms with Gasteiger partial charge in [-0.05, 0) is 24.4 Å². The second-order valence-electron chi connectivity index (χ2n) is 2.95. The van der Waals surface area contributed by atoms with Crippen molar-refractivity contribution in [2.75, 3.05) is 0 Å². The third kappa shape index (κ3) is 9.25. The van der Waals surface area contributed by atoms with Gasteiger partial charge in [-0.2, -0.15) is 0 Å². The zero-order valence-corrected chi connectivity index (χ0v) is 12.4. The summed E-state index contributed by atoms with van der Waals surface area (Å²) < 4.78 is 0. The second-order valence-corrected chi connectivity index (χ2v) is 12.2. The Bertz CT molecular complexity index is 244. The van der Waals surface area contributed by atoms with Gasteiger partial charge in [-0.25, -0.2) is 0 Å². The van der Waals surface area contributed by atoms with Crippen molar-refractivity contribution in [3.63, 3.8) is 0 Å². The van der Waals surface area contributed by atoms with Crippen molar-refractivity contribution in [3.05, 3.63) is 35.9 Å². The Morgan fingerprint density at radius 1 is 1.00 bits per heavy atom. The molecule has 86 valence electrons. The third-order valence-electron chi connectivity index (χ3n) is 1.77. The molecule has 0 aromatic heterocycles. The lowest BCUT2D eigenvalue weighted by Gasteiger charge is -2.06. The van der Waals surface area contributed by atoms with E-state index >= 15 is 0 Å². The van der Waals surface area contributed by atoms with Crippen LogP contribution in [0.5, 0.6) is 0 Å². The van der Waals surface area contributed by atoms with Gasteiger partial charge in [0, 0.05) is 0 Å². The smallest absolute Gasteiger partial charge is 0.126 e. The monoisotopic (exact) mass is 282 g/mol. The first-order chi connectivity index (χ1) is 7.08. The molecule has 0 saturated heterocycles. The van der Waals surface area contributed by atoms with Gasteiger partial charge < -0.3 is 0 Å². The number of halogens is 3. The first-order valence-electron chi connectivity index (χ1n) is 5.18. The van der Waals surface area contributed by atoms with Crippen LogP contribution in [0.1, 0.15) is 25.8 Å². The quantitative estimate of drug-likeness (QED) is 0.519. The van der Waals surface area contributed by atoms with Gasteiger partial charge in [0.15, 0.2) is 0 Å². The number of benzene rings is 1. The first kappa shape index (κ1) is 15.3. The number of hydrogen-bond donors (Lipinski definition) is 0. The van der Waals surface area contributed by atoms with E-state index in [0.29, 0.717) is 0 Å². The summed E-state index contributed by atoms with van der Waals surface area (Å²) in [6, 6.07) is 8.61. The van der Waals surface area contributed by atoms with E-state index in [9.17, 15) is 0 Å². The Morgan fingerprint density at radius 2 is 1.53 bits per heavy atom. The number of hydrogen-bond acceptors (Lipinski definition) is 0. The highest BCUT2D eigenvalue weighted by molar-refractivity contribution is 7.64. The molecule has 0 spiro atoms. The summed E-state index contributed by atoms with van der Waals surface area (Å²) in [5.41, 5.74) is 1.31. The molecular weight excluding hydrogens is 267 g/mol. The average Bonchev–Trinajstić information content (AvgIpc) is 2.20. The molecule has 0 saturated carbocycles. The Hall–Kier alpha value is 0.307. The predicted octanol–water partition coefficient (Wildman–Crippen LogP) is 5.30. The molecule has 0 bridgehead atoms. The van der Waals surface area contributed by atoms with Crippen molar-refractivity contribution in [2.45, 2.75) is 32.7 Å². The highest BCUT2D eigenvalue weighted by atomic mass is 35.8. The van der Waals surface area contributed by atoms with E-state index < -0.39 is 6.00 Å². The molecule has 1 aromatic rings. The predicted molar refractivity (Wildman–Crippen MR) is 74.2 cm³/mol. The minimum atomic E-state index is -2.39. The van der Waals surface area contributed by atoms with Crippen LogP contribution in [0.3, 0.4) is 0 Å². The minimum Gasteiger partial charge on any atom is -0.126 e. The Balaban J connectivity index is 0.000000921. The summed E-state index contributed by atoms with van der Waals surface area (Å²) in [4.78, 5) is 0. The molecule has 0 heterocycles. The fraction of sp³-hybridized carbons (Fsp3) is 0.455. The summed E-state index contributed by atoms with van der Waals surface area (Å²) in [7, 11) is 0. The van der Waals surface area contributed by atoms with Crippen molar-refractivity contribution >= 4 is 39.2 Å². The Labute approximate surface area is 108 Å². The molecule has 0 radical (unpaired) electrons. The highest BCUT2D eigenvalue weighted by Crippen LogP contribution is 2.27. The summed E-state index contributed by atoms with van der Waals surface area (Å²) in [5, 5.41) is 0. The van der Waals surface area contributed by atoms with Crippen LogP contribution in [-0.4, -0.2) is 6.00 Å². The summed E-state index contributed by atoms with van der Waals surface area (Å²) >= 11 is 17.3. The van der Waals surface area contributed by atoms with E-state index in [1.165, 1.54) is 5.56 Å². The van der Waals surface area contributed by atoms with Crippen molar-refractivity contribution in [2.24, 2.45) is 0 Å². The second kappa shape index (κ2) is 8.46. The molecule has 0 N–H and O–H groups in total. The van der Waals surface area contributed by atoms with Crippen molar-refractivity contribution in [3.8, 4) is 0 Å². The summed E-state index contributed by atoms with van der Waals surface area (Å²) in [6.45, 7) is 4.00. The molecule has 0 atom stereocenters. The van der Waals surface area contributed by atoms with Gasteiger partial charge in [0.1, 0.15) is 0 Å². The maximum absolute atomic E-state index is 5.77. The fourth-order valence-electron chi connectivity index (χ4n) is 1.14. The first-order valence-corrected chi connectivity index (χ1v) is 10.4. The average molecular weight is 284 g/mol. The molecule has 0 fully saturated rings. The normalized spacial score (nSPS) is 10.5. The van der Waals surface area contributed by atoms with Gasteiger partial charge in [0.2, 0.25) is 0 Å². The van der Waals surface area contributed by atoms with Crippen molar-refractivity contribution in [1.82, 2.24) is 0 Å². The van der Waals surface area contributed by atoms with E-state index in [-0.39, 0.29) is 0 Å². The molecule has 0 aliphatic heterocycles. The number of aryl methyl sites for hydroxylation is 1. The standard InChI is InChI=1S/C9H11Cl3Si.C2H6/c10-13(11,12)8-4-7-9-5-2-1-3-6-9;1-2/h1-3,5-6H,4,7-8H2;1-2H3. The lowest BCUT2D eigenvalue weighted by atomic mass is 10.1. The molecule has 0 unspecified atom stereocenters. The SMILES string of the molecule is CC.Cl[Si](Cl)(Cl)CCCc1ccccc1. The van der Waals surface area contributed by atoms with Crippen LogP contribution in [-0.2, 0) is 6.42 Å². The van der Waals surface area contributed by atoms with Crippen LogP contribution in [0.25, 0.3) is 0 Å². The van der Waals surface area contributed by atoms with Gasteiger partial charge in [-0.15, -0.1) is 33.2 Å². The number of rotatable bonds is 4. The van der Waals surface area contributed by atoms with Crippen LogP contribution in [0.15, 0.2) is 30.3 Å². The molecule has 0 aliphatic rings. The molecule has 0 amide bonds. The van der Waals surface area contributed by atoms with E-state index in [1.54, 1.807) is 0 Å². The van der Waals surface area contributed by atoms with Gasteiger partial charge >= 0.3 is 6.00 Å². The molecular formula is C11H17Cl3Si. The minimum absolute atomic E-state index is 0.743. The van der Waals surface area contributed by atoms with Gasteiger partial charge in [0.25, 0.3) is 0 Å². The van der Waals surface area contributed by atoms with Gasteiger partial charge in [-0.3, -0.25) is 0 Å². The zero-order chi connectivity index (χ0) is 11.7. The maximum atomic E-state index is 5.77. The summed E-state index contributed by atoms with van der Waals surface area (Å²) in [6.07, 6.45) is 1.97. The molecule has 15 heavy (non-hydrogen) atoms. The van der Waals surface area contributed by atoms with Crippen molar-refractivity contribution in [1.29, 1.82) is 0 Å². The van der Waals surface area contributed by atoms with Crippen LogP contribution in [0.4, 0.5) is 0 Å². The van der Waals surface area contributed by atoms with Crippen molar-refractivity contribution < 1.29 is 0 Å². The van der Waals surface area contributed by atoms with Gasteiger partial charge in [0.05, 0.1) is 0 Å². The lowest BCUT2D eigenvalue weighted by Crippen LogP contribution is -2.08. The van der Waals surface area contributed by atoms with Crippen LogP contribution >= 0.6 is 33.2 Å². The van der Waals surface area contributed by atoms with E-state index in [2.05, 4.69) is 12.1 Å². The Kier molecular flexibility index (Phi) is 8.63. The van der Waals surface area contributed by atoms with Crippen LogP contribution in [0, 0.1) is 0 Å². The fourth-order valence-corrected chi connectivity index (χ4v) is 2.92. The Morgan fingerprint density at radius 3 is 2.00 bits per heavy atom. The maximum Gasteiger partial charge on any atom is 0.341 e. The molecule has 0 nitrogen and oxygen atoms in total. The van der Waals surface area contributed by atoms with Crippen LogP contribution < -0.4 is 0 Å². The largest absolute Gasteiger partial charge is 0.341 e. The molecule has 1 rings (SSSR count). The van der Waals surface area contributed by atoms with E-state index in [4.69, 9.17) is 33.2 Å². The lowest BCUT2D eigenvalue weighted by molar-refractivity contribution is 0.915. The molecule has 0 aliphatic carbocycles. The zero-order valence-electron chi connectivity index (χ0n) is 9.14. The topological polar surface area (TPSA) is 0 Å².